The minimum absolute atomic E-state index is 0.0278. The van der Waals surface area contributed by atoms with Crippen molar-refractivity contribution in [2.45, 2.75) is 58.0 Å². The lowest BCUT2D eigenvalue weighted by molar-refractivity contribution is -0.137. The van der Waals surface area contributed by atoms with Crippen LogP contribution in [0.2, 0.25) is 0 Å². The highest BCUT2D eigenvalue weighted by atomic mass is 16.5. The molecule has 3 aliphatic rings. The van der Waals surface area contributed by atoms with Crippen molar-refractivity contribution >= 4 is 23.4 Å². The number of carbonyl (C=O) groups excluding carboxylic acids is 3. The molecule has 7 nitrogen and oxygen atoms in total. The molecular weight excluding hydrogens is 382 g/mol. The number of fused-ring (bicyclic) bond motifs is 1. The number of anilines is 1. The molecule has 0 unspecified atom stereocenters. The zero-order valence-electron chi connectivity index (χ0n) is 18.0. The van der Waals surface area contributed by atoms with Gasteiger partial charge in [0.05, 0.1) is 5.69 Å². The third-order valence-corrected chi connectivity index (χ3v) is 6.27. The monoisotopic (exact) mass is 413 g/mol. The number of piperidine rings is 2. The van der Waals surface area contributed by atoms with Gasteiger partial charge in [0.2, 0.25) is 5.91 Å². The molecule has 4 rings (SSSR count). The van der Waals surface area contributed by atoms with E-state index in [-0.39, 0.29) is 24.3 Å². The van der Waals surface area contributed by atoms with Crippen LogP contribution < -0.4 is 9.64 Å². The molecule has 0 saturated carbocycles. The van der Waals surface area contributed by atoms with Crippen molar-refractivity contribution in [1.82, 2.24) is 9.80 Å². The Labute approximate surface area is 177 Å². The van der Waals surface area contributed by atoms with Gasteiger partial charge in [0.25, 0.3) is 11.8 Å². The lowest BCUT2D eigenvalue weighted by Gasteiger charge is -2.39. The van der Waals surface area contributed by atoms with E-state index in [4.69, 9.17) is 4.74 Å². The van der Waals surface area contributed by atoms with E-state index < -0.39 is 5.60 Å². The second kappa shape index (κ2) is 8.28. The fourth-order valence-electron chi connectivity index (χ4n) is 4.52. The average Bonchev–Trinajstić information content (AvgIpc) is 2.77. The Morgan fingerprint density at radius 3 is 2.17 bits per heavy atom. The molecule has 0 spiro atoms. The number of hydrogen-bond donors (Lipinski definition) is 0. The van der Waals surface area contributed by atoms with E-state index in [2.05, 4.69) is 0 Å². The van der Waals surface area contributed by atoms with Crippen LogP contribution >= 0.6 is 0 Å². The van der Waals surface area contributed by atoms with Gasteiger partial charge in [0, 0.05) is 31.7 Å². The number of benzene rings is 1. The molecule has 0 N–H and O–H groups in total. The third kappa shape index (κ3) is 4.02. The van der Waals surface area contributed by atoms with Crippen molar-refractivity contribution in [3.8, 4) is 5.75 Å². The SMILES string of the molecule is CC1(C)Oc2ccc(C(=O)N3CCCCC3)cc2N(CC(=O)N2CCCCC2)C1=O. The van der Waals surface area contributed by atoms with Crippen LogP contribution in [-0.2, 0) is 9.59 Å². The van der Waals surface area contributed by atoms with Crippen LogP contribution in [-0.4, -0.2) is 65.8 Å². The molecule has 0 radical (unpaired) electrons. The summed E-state index contributed by atoms with van der Waals surface area (Å²) in [4.78, 5) is 44.2. The first-order valence-corrected chi connectivity index (χ1v) is 11.1. The van der Waals surface area contributed by atoms with E-state index in [1.165, 1.54) is 4.90 Å². The highest BCUT2D eigenvalue weighted by Crippen LogP contribution is 2.38. The van der Waals surface area contributed by atoms with Gasteiger partial charge < -0.3 is 14.5 Å². The average molecular weight is 414 g/mol. The van der Waals surface area contributed by atoms with Crippen LogP contribution in [0.1, 0.15) is 62.7 Å². The quantitative estimate of drug-likeness (QED) is 0.764. The van der Waals surface area contributed by atoms with E-state index >= 15 is 0 Å². The van der Waals surface area contributed by atoms with Gasteiger partial charge in [-0.3, -0.25) is 19.3 Å². The largest absolute Gasteiger partial charge is 0.476 e. The standard InChI is InChI=1S/C23H31N3O4/c1-23(2)22(29)26(16-20(27)24-11-5-3-6-12-24)18-15-17(9-10-19(18)30-23)21(28)25-13-7-4-8-14-25/h9-10,15H,3-8,11-14,16H2,1-2H3. The van der Waals surface area contributed by atoms with Gasteiger partial charge in [-0.05, 0) is 70.6 Å². The minimum atomic E-state index is -1.06. The molecule has 3 aliphatic heterocycles. The van der Waals surface area contributed by atoms with Crippen molar-refractivity contribution in [2.24, 2.45) is 0 Å². The first kappa shape index (κ1) is 20.7. The molecule has 1 aromatic carbocycles. The van der Waals surface area contributed by atoms with Crippen LogP contribution in [0.4, 0.5) is 5.69 Å². The van der Waals surface area contributed by atoms with Gasteiger partial charge in [-0.25, -0.2) is 0 Å². The predicted octanol–water partition coefficient (Wildman–Crippen LogP) is 2.83. The Morgan fingerprint density at radius 1 is 0.933 bits per heavy atom. The fourth-order valence-corrected chi connectivity index (χ4v) is 4.52. The van der Waals surface area contributed by atoms with E-state index in [0.29, 0.717) is 17.0 Å². The molecule has 0 aromatic heterocycles. The van der Waals surface area contributed by atoms with Gasteiger partial charge in [-0.15, -0.1) is 0 Å². The van der Waals surface area contributed by atoms with Crippen molar-refractivity contribution in [3.05, 3.63) is 23.8 Å². The Bertz CT molecular complexity index is 839. The van der Waals surface area contributed by atoms with E-state index in [1.807, 2.05) is 9.80 Å². The van der Waals surface area contributed by atoms with Crippen LogP contribution in [0.15, 0.2) is 18.2 Å². The summed E-state index contributed by atoms with van der Waals surface area (Å²) in [6, 6.07) is 5.22. The Balaban J connectivity index is 1.62. The zero-order chi connectivity index (χ0) is 21.3. The van der Waals surface area contributed by atoms with Gasteiger partial charge >= 0.3 is 0 Å². The zero-order valence-corrected chi connectivity index (χ0v) is 18.0. The number of carbonyl (C=O) groups is 3. The van der Waals surface area contributed by atoms with Crippen LogP contribution in [0.3, 0.4) is 0 Å². The second-order valence-electron chi connectivity index (χ2n) is 8.98. The smallest absolute Gasteiger partial charge is 0.271 e. The molecule has 3 heterocycles. The van der Waals surface area contributed by atoms with Gasteiger partial charge in [0.1, 0.15) is 12.3 Å². The molecule has 7 heteroatoms. The number of nitrogens with zero attached hydrogens (tertiary/aromatic N) is 3. The molecule has 0 atom stereocenters. The maximum atomic E-state index is 13.1. The first-order valence-electron chi connectivity index (χ1n) is 11.1. The van der Waals surface area contributed by atoms with Crippen LogP contribution in [0.25, 0.3) is 0 Å². The second-order valence-corrected chi connectivity index (χ2v) is 8.98. The summed E-state index contributed by atoms with van der Waals surface area (Å²) < 4.78 is 5.93. The van der Waals surface area contributed by atoms with Gasteiger partial charge in [0.15, 0.2) is 5.60 Å². The fraction of sp³-hybridized carbons (Fsp3) is 0.609. The Kier molecular flexibility index (Phi) is 5.71. The van der Waals surface area contributed by atoms with E-state index in [9.17, 15) is 14.4 Å². The van der Waals surface area contributed by atoms with Crippen molar-refractivity contribution in [1.29, 1.82) is 0 Å². The normalized spacial score (nSPS) is 21.1. The van der Waals surface area contributed by atoms with Crippen molar-refractivity contribution in [3.63, 3.8) is 0 Å². The molecule has 162 valence electrons. The number of likely N-dealkylation sites (tertiary alicyclic amines) is 2. The highest BCUT2D eigenvalue weighted by molar-refractivity contribution is 6.07. The summed E-state index contributed by atoms with van der Waals surface area (Å²) in [6.07, 6.45) is 6.32. The van der Waals surface area contributed by atoms with Crippen LogP contribution in [0.5, 0.6) is 5.75 Å². The Hall–Kier alpha value is -2.57. The first-order chi connectivity index (χ1) is 14.4. The number of rotatable bonds is 3. The summed E-state index contributed by atoms with van der Waals surface area (Å²) in [5.74, 6) is 0.181. The van der Waals surface area contributed by atoms with Gasteiger partial charge in [-0.1, -0.05) is 0 Å². The number of amides is 3. The van der Waals surface area contributed by atoms with Gasteiger partial charge in [-0.2, -0.15) is 0 Å². The van der Waals surface area contributed by atoms with Crippen LogP contribution in [0, 0.1) is 0 Å². The molecule has 0 bridgehead atoms. The number of ether oxygens (including phenoxy) is 1. The number of hydrogen-bond acceptors (Lipinski definition) is 4. The summed E-state index contributed by atoms with van der Waals surface area (Å²) in [5, 5.41) is 0. The molecular formula is C23H31N3O4. The molecule has 3 amide bonds. The van der Waals surface area contributed by atoms with E-state index in [0.717, 1.165) is 64.7 Å². The highest BCUT2D eigenvalue weighted by Gasteiger charge is 2.42. The maximum Gasteiger partial charge on any atom is 0.271 e. The molecule has 30 heavy (non-hydrogen) atoms. The third-order valence-electron chi connectivity index (χ3n) is 6.27. The summed E-state index contributed by atoms with van der Waals surface area (Å²) in [5.41, 5.74) is -0.0252. The minimum Gasteiger partial charge on any atom is -0.476 e. The predicted molar refractivity (Wildman–Crippen MR) is 114 cm³/mol. The van der Waals surface area contributed by atoms with E-state index in [1.54, 1.807) is 32.0 Å². The molecule has 1 aromatic rings. The maximum absolute atomic E-state index is 13.1. The lowest BCUT2D eigenvalue weighted by Crippen LogP contribution is -2.55. The summed E-state index contributed by atoms with van der Waals surface area (Å²) in [7, 11) is 0. The van der Waals surface area contributed by atoms with Crippen molar-refractivity contribution < 1.29 is 19.1 Å². The summed E-state index contributed by atoms with van der Waals surface area (Å²) >= 11 is 0. The Morgan fingerprint density at radius 2 is 1.53 bits per heavy atom. The molecule has 2 fully saturated rings. The van der Waals surface area contributed by atoms with Crippen molar-refractivity contribution in [2.75, 3.05) is 37.6 Å². The molecule has 0 aliphatic carbocycles. The molecule has 2 saturated heterocycles. The topological polar surface area (TPSA) is 70.2 Å². The lowest BCUT2D eigenvalue weighted by atomic mass is 10.0. The summed E-state index contributed by atoms with van der Waals surface area (Å²) in [6.45, 7) is 6.39.